The SMILES string of the molecule is Nc1cccc(C(=O)O)c1NCC(C1CC1)C1CC1. The lowest BCUT2D eigenvalue weighted by molar-refractivity contribution is 0.0698. The van der Waals surface area contributed by atoms with Gasteiger partial charge in [-0.25, -0.2) is 4.79 Å². The first-order chi connectivity index (χ1) is 9.16. The zero-order valence-corrected chi connectivity index (χ0v) is 10.9. The normalized spacial score (nSPS) is 18.6. The van der Waals surface area contributed by atoms with Crippen molar-refractivity contribution in [1.29, 1.82) is 0 Å². The molecule has 2 aliphatic rings. The van der Waals surface area contributed by atoms with Crippen LogP contribution in [0.4, 0.5) is 11.4 Å². The molecule has 0 bridgehead atoms. The van der Waals surface area contributed by atoms with E-state index in [2.05, 4.69) is 5.32 Å². The first kappa shape index (κ1) is 12.3. The Morgan fingerprint density at radius 3 is 2.47 bits per heavy atom. The van der Waals surface area contributed by atoms with Crippen molar-refractivity contribution in [3.05, 3.63) is 23.8 Å². The van der Waals surface area contributed by atoms with Crippen molar-refractivity contribution in [2.75, 3.05) is 17.6 Å². The number of hydrogen-bond acceptors (Lipinski definition) is 3. The molecule has 2 fully saturated rings. The van der Waals surface area contributed by atoms with Gasteiger partial charge in [0.25, 0.3) is 0 Å². The molecule has 0 radical (unpaired) electrons. The first-order valence-electron chi connectivity index (χ1n) is 7.02. The van der Waals surface area contributed by atoms with Gasteiger partial charge in [-0.1, -0.05) is 6.07 Å². The molecule has 2 aliphatic carbocycles. The highest BCUT2D eigenvalue weighted by molar-refractivity contribution is 5.97. The largest absolute Gasteiger partial charge is 0.478 e. The maximum Gasteiger partial charge on any atom is 0.337 e. The lowest BCUT2D eigenvalue weighted by Gasteiger charge is -2.19. The van der Waals surface area contributed by atoms with E-state index < -0.39 is 5.97 Å². The molecule has 0 aliphatic heterocycles. The van der Waals surface area contributed by atoms with Gasteiger partial charge in [0.15, 0.2) is 0 Å². The number of nitrogen functional groups attached to an aromatic ring is 1. The fourth-order valence-corrected chi connectivity index (χ4v) is 2.93. The number of carboxylic acids is 1. The minimum atomic E-state index is -0.927. The summed E-state index contributed by atoms with van der Waals surface area (Å²) in [6, 6.07) is 5.03. The Balaban J connectivity index is 1.73. The third kappa shape index (κ3) is 2.67. The van der Waals surface area contributed by atoms with E-state index in [0.717, 1.165) is 18.4 Å². The van der Waals surface area contributed by atoms with E-state index in [0.29, 0.717) is 17.3 Å². The Kier molecular flexibility index (Phi) is 3.09. The molecule has 4 heteroatoms. The Hall–Kier alpha value is -1.71. The Morgan fingerprint density at radius 1 is 1.32 bits per heavy atom. The van der Waals surface area contributed by atoms with Gasteiger partial charge in [0.2, 0.25) is 0 Å². The molecule has 4 N–H and O–H groups in total. The van der Waals surface area contributed by atoms with Crippen LogP contribution in [0.1, 0.15) is 36.0 Å². The lowest BCUT2D eigenvalue weighted by atomic mass is 9.97. The third-order valence-corrected chi connectivity index (χ3v) is 4.30. The standard InChI is InChI=1S/C15H20N2O2/c16-13-3-1-2-11(15(18)19)14(13)17-8-12(9-4-5-9)10-6-7-10/h1-3,9-10,12,17H,4-8,16H2,(H,18,19). The van der Waals surface area contributed by atoms with Gasteiger partial charge >= 0.3 is 5.97 Å². The summed E-state index contributed by atoms with van der Waals surface area (Å²) in [6.45, 7) is 0.851. The summed E-state index contributed by atoms with van der Waals surface area (Å²) < 4.78 is 0. The second-order valence-corrected chi connectivity index (χ2v) is 5.79. The van der Waals surface area contributed by atoms with Crippen molar-refractivity contribution in [3.63, 3.8) is 0 Å². The highest BCUT2D eigenvalue weighted by Crippen LogP contribution is 2.49. The molecule has 0 amide bonds. The average molecular weight is 260 g/mol. The number of carbonyl (C=O) groups is 1. The van der Waals surface area contributed by atoms with Gasteiger partial charge in [-0.2, -0.15) is 0 Å². The summed E-state index contributed by atoms with van der Waals surface area (Å²) in [5, 5.41) is 12.5. The first-order valence-corrected chi connectivity index (χ1v) is 7.02. The molecule has 1 aromatic carbocycles. The molecule has 4 nitrogen and oxygen atoms in total. The fraction of sp³-hybridized carbons (Fsp3) is 0.533. The number of rotatable bonds is 6. The summed E-state index contributed by atoms with van der Waals surface area (Å²) in [4.78, 5) is 11.2. The molecule has 0 heterocycles. The Morgan fingerprint density at radius 2 is 1.95 bits per heavy atom. The van der Waals surface area contributed by atoms with Crippen molar-refractivity contribution in [2.45, 2.75) is 25.7 Å². The van der Waals surface area contributed by atoms with Crippen molar-refractivity contribution >= 4 is 17.3 Å². The van der Waals surface area contributed by atoms with E-state index in [1.54, 1.807) is 18.2 Å². The second-order valence-electron chi connectivity index (χ2n) is 5.79. The smallest absolute Gasteiger partial charge is 0.337 e. The van der Waals surface area contributed by atoms with E-state index in [1.807, 2.05) is 0 Å². The topological polar surface area (TPSA) is 75.4 Å². The van der Waals surface area contributed by atoms with Crippen LogP contribution in [-0.4, -0.2) is 17.6 Å². The molecule has 102 valence electrons. The number of hydrogen-bond donors (Lipinski definition) is 3. The van der Waals surface area contributed by atoms with Crippen LogP contribution < -0.4 is 11.1 Å². The molecular weight excluding hydrogens is 240 g/mol. The quantitative estimate of drug-likeness (QED) is 0.687. The Bertz CT molecular complexity index is 481. The van der Waals surface area contributed by atoms with Crippen LogP contribution in [0, 0.1) is 17.8 Å². The molecule has 1 aromatic rings. The number of carboxylic acid groups (broad SMARTS) is 1. The summed E-state index contributed by atoms with van der Waals surface area (Å²) in [6.07, 6.45) is 5.33. The maximum absolute atomic E-state index is 11.2. The molecule has 0 atom stereocenters. The molecule has 0 saturated heterocycles. The zero-order valence-electron chi connectivity index (χ0n) is 10.9. The molecule has 2 saturated carbocycles. The van der Waals surface area contributed by atoms with Crippen molar-refractivity contribution in [1.82, 2.24) is 0 Å². The molecule has 19 heavy (non-hydrogen) atoms. The van der Waals surface area contributed by atoms with E-state index in [9.17, 15) is 9.90 Å². The van der Waals surface area contributed by atoms with Gasteiger partial charge < -0.3 is 16.2 Å². The lowest BCUT2D eigenvalue weighted by Crippen LogP contribution is -2.20. The monoisotopic (exact) mass is 260 g/mol. The highest BCUT2D eigenvalue weighted by atomic mass is 16.4. The van der Waals surface area contributed by atoms with Crippen LogP contribution in [0.2, 0.25) is 0 Å². The summed E-state index contributed by atoms with van der Waals surface area (Å²) in [7, 11) is 0. The van der Waals surface area contributed by atoms with Crippen molar-refractivity contribution < 1.29 is 9.90 Å². The predicted octanol–water partition coefficient (Wildman–Crippen LogP) is 2.82. The van der Waals surface area contributed by atoms with Crippen molar-refractivity contribution in [2.24, 2.45) is 17.8 Å². The third-order valence-electron chi connectivity index (χ3n) is 4.30. The molecular formula is C15H20N2O2. The summed E-state index contributed by atoms with van der Waals surface area (Å²) in [5.74, 6) is 1.46. The zero-order chi connectivity index (χ0) is 13.4. The number of aromatic carboxylic acids is 1. The van der Waals surface area contributed by atoms with Gasteiger partial charge in [-0.05, 0) is 55.6 Å². The molecule has 0 aromatic heterocycles. The van der Waals surface area contributed by atoms with Gasteiger partial charge in [-0.3, -0.25) is 0 Å². The predicted molar refractivity (Wildman–Crippen MR) is 75.2 cm³/mol. The van der Waals surface area contributed by atoms with Gasteiger partial charge in [0.1, 0.15) is 0 Å². The maximum atomic E-state index is 11.2. The van der Waals surface area contributed by atoms with Crippen LogP contribution in [0.25, 0.3) is 0 Å². The van der Waals surface area contributed by atoms with E-state index in [1.165, 1.54) is 25.7 Å². The molecule has 3 rings (SSSR count). The summed E-state index contributed by atoms with van der Waals surface area (Å²) >= 11 is 0. The van der Waals surface area contributed by atoms with Gasteiger partial charge in [-0.15, -0.1) is 0 Å². The minimum absolute atomic E-state index is 0.269. The number of nitrogens with one attached hydrogen (secondary N) is 1. The number of benzene rings is 1. The molecule has 0 unspecified atom stereocenters. The van der Waals surface area contributed by atoms with Crippen molar-refractivity contribution in [3.8, 4) is 0 Å². The van der Waals surface area contributed by atoms with Crippen LogP contribution in [-0.2, 0) is 0 Å². The van der Waals surface area contributed by atoms with E-state index in [4.69, 9.17) is 5.73 Å². The number of anilines is 2. The van der Waals surface area contributed by atoms with Crippen LogP contribution in [0.3, 0.4) is 0 Å². The summed E-state index contributed by atoms with van der Waals surface area (Å²) in [5.41, 5.74) is 7.28. The molecule has 0 spiro atoms. The van der Waals surface area contributed by atoms with Gasteiger partial charge in [0, 0.05) is 6.54 Å². The van der Waals surface area contributed by atoms with Crippen LogP contribution >= 0.6 is 0 Å². The number of nitrogens with two attached hydrogens (primary N) is 1. The van der Waals surface area contributed by atoms with Gasteiger partial charge in [0.05, 0.1) is 16.9 Å². The fourth-order valence-electron chi connectivity index (χ4n) is 2.93. The minimum Gasteiger partial charge on any atom is -0.478 e. The second kappa shape index (κ2) is 4.76. The number of para-hydroxylation sites is 1. The van der Waals surface area contributed by atoms with Crippen LogP contribution in [0.5, 0.6) is 0 Å². The van der Waals surface area contributed by atoms with E-state index in [-0.39, 0.29) is 5.56 Å². The van der Waals surface area contributed by atoms with Crippen LogP contribution in [0.15, 0.2) is 18.2 Å². The van der Waals surface area contributed by atoms with E-state index >= 15 is 0 Å². The average Bonchev–Trinajstić information content (AvgIpc) is 3.25. The highest BCUT2D eigenvalue weighted by Gasteiger charge is 2.41. The Labute approximate surface area is 113 Å².